The fourth-order valence-corrected chi connectivity index (χ4v) is 4.87. The molecule has 0 saturated heterocycles. The molecule has 1 saturated carbocycles. The van der Waals surface area contributed by atoms with Gasteiger partial charge in [-0.3, -0.25) is 9.48 Å². The van der Waals surface area contributed by atoms with Gasteiger partial charge in [-0.1, -0.05) is 0 Å². The summed E-state index contributed by atoms with van der Waals surface area (Å²) in [5.41, 5.74) is 5.46. The molecule has 0 bridgehead atoms. The number of nitrogens with zero attached hydrogens (tertiary/aromatic N) is 3. The first-order valence-electron chi connectivity index (χ1n) is 11.2. The number of fused-ring (bicyclic) bond motifs is 2. The Labute approximate surface area is 187 Å². The topological polar surface area (TPSA) is 75.5 Å². The van der Waals surface area contributed by atoms with E-state index in [0.717, 1.165) is 40.9 Å². The van der Waals surface area contributed by atoms with Gasteiger partial charge in [0.1, 0.15) is 6.61 Å². The number of carbonyl (C=O) groups excluding carboxylic acids is 1. The second-order valence-electron chi connectivity index (χ2n) is 8.93. The van der Waals surface area contributed by atoms with Gasteiger partial charge in [0.15, 0.2) is 22.9 Å². The maximum Gasteiger partial charge on any atom is 0.215 e. The minimum Gasteiger partial charge on any atom is -0.493 e. The number of aromatic nitrogens is 3. The van der Waals surface area contributed by atoms with Gasteiger partial charge < -0.3 is 14.2 Å². The number of aryl methyl sites for hydroxylation is 3. The van der Waals surface area contributed by atoms with Crippen molar-refractivity contribution >= 4 is 16.8 Å². The highest BCUT2D eigenvalue weighted by Crippen LogP contribution is 2.44. The molecule has 0 spiro atoms. The van der Waals surface area contributed by atoms with E-state index in [4.69, 9.17) is 14.2 Å². The van der Waals surface area contributed by atoms with Crippen LogP contribution in [0.2, 0.25) is 0 Å². The molecular weight excluding hydrogens is 406 g/mol. The molecule has 2 aliphatic carbocycles. The first kappa shape index (κ1) is 20.8. The van der Waals surface area contributed by atoms with Crippen molar-refractivity contribution in [3.63, 3.8) is 0 Å². The van der Waals surface area contributed by atoms with Gasteiger partial charge in [-0.05, 0) is 67.3 Å². The van der Waals surface area contributed by atoms with Crippen LogP contribution < -0.4 is 14.2 Å². The number of ether oxygens (including phenoxy) is 3. The fourth-order valence-electron chi connectivity index (χ4n) is 4.87. The summed E-state index contributed by atoms with van der Waals surface area (Å²) in [7, 11) is 5.19. The molecule has 1 unspecified atom stereocenters. The third-order valence-corrected chi connectivity index (χ3v) is 6.66. The number of hydrogen-bond donors (Lipinski definition) is 0. The van der Waals surface area contributed by atoms with Crippen LogP contribution in [0.3, 0.4) is 0 Å². The van der Waals surface area contributed by atoms with Crippen molar-refractivity contribution in [2.75, 3.05) is 20.8 Å². The zero-order chi connectivity index (χ0) is 22.4. The Bertz CT molecular complexity index is 1200. The average Bonchev–Trinajstić information content (AvgIpc) is 3.49. The maximum absolute atomic E-state index is 12.8. The highest BCUT2D eigenvalue weighted by Gasteiger charge is 2.30. The molecule has 1 aromatic carbocycles. The largest absolute Gasteiger partial charge is 0.493 e. The summed E-state index contributed by atoms with van der Waals surface area (Å²) in [6.07, 6.45) is 4.72. The monoisotopic (exact) mass is 435 g/mol. The van der Waals surface area contributed by atoms with Crippen LogP contribution in [0.1, 0.15) is 59.9 Å². The number of benzene rings is 1. The third-order valence-electron chi connectivity index (χ3n) is 6.66. The number of Topliss-reactive ketones (excluding diaryl/α,β-unsaturated/α-hetero) is 1. The molecule has 32 heavy (non-hydrogen) atoms. The summed E-state index contributed by atoms with van der Waals surface area (Å²) < 4.78 is 18.5. The van der Waals surface area contributed by atoms with Crippen LogP contribution in [0.5, 0.6) is 17.4 Å². The third kappa shape index (κ3) is 3.70. The molecule has 2 aromatic heterocycles. The van der Waals surface area contributed by atoms with Crippen molar-refractivity contribution in [2.45, 2.75) is 50.9 Å². The number of carbonyl (C=O) groups is 1. The predicted octanol–water partition coefficient (Wildman–Crippen LogP) is 4.24. The Morgan fingerprint density at radius 2 is 1.88 bits per heavy atom. The van der Waals surface area contributed by atoms with Crippen LogP contribution in [0, 0.1) is 6.92 Å². The fraction of sp³-hybridized carbons (Fsp3) is 0.480. The summed E-state index contributed by atoms with van der Waals surface area (Å²) in [5, 5.41) is 5.80. The van der Waals surface area contributed by atoms with Gasteiger partial charge in [0, 0.05) is 30.8 Å². The Kier molecular flexibility index (Phi) is 5.27. The van der Waals surface area contributed by atoms with Crippen LogP contribution in [0.15, 0.2) is 18.2 Å². The lowest BCUT2D eigenvalue weighted by molar-refractivity contribution is -0.121. The van der Waals surface area contributed by atoms with Gasteiger partial charge in [-0.25, -0.2) is 0 Å². The predicted molar refractivity (Wildman–Crippen MR) is 121 cm³/mol. The maximum atomic E-state index is 12.8. The molecule has 7 heteroatoms. The normalized spacial score (nSPS) is 17.4. The second-order valence-corrected chi connectivity index (χ2v) is 8.93. The lowest BCUT2D eigenvalue weighted by Gasteiger charge is -2.14. The smallest absolute Gasteiger partial charge is 0.215 e. The minimum absolute atomic E-state index is 0.0183. The van der Waals surface area contributed by atoms with E-state index < -0.39 is 0 Å². The van der Waals surface area contributed by atoms with Crippen molar-refractivity contribution in [2.24, 2.45) is 7.05 Å². The molecule has 0 amide bonds. The summed E-state index contributed by atoms with van der Waals surface area (Å²) in [5.74, 6) is 2.72. The highest BCUT2D eigenvalue weighted by atomic mass is 16.5. The van der Waals surface area contributed by atoms with Crippen molar-refractivity contribution in [1.29, 1.82) is 0 Å². The number of methoxy groups -OCH3 is 2. The number of pyridine rings is 1. The van der Waals surface area contributed by atoms with Crippen LogP contribution >= 0.6 is 0 Å². The van der Waals surface area contributed by atoms with Gasteiger partial charge in [-0.15, -0.1) is 0 Å². The Balaban J connectivity index is 1.27. The molecule has 2 heterocycles. The molecule has 0 N–H and O–H groups in total. The Morgan fingerprint density at radius 1 is 1.12 bits per heavy atom. The van der Waals surface area contributed by atoms with E-state index in [-0.39, 0.29) is 18.3 Å². The zero-order valence-electron chi connectivity index (χ0n) is 19.1. The van der Waals surface area contributed by atoms with E-state index in [1.54, 1.807) is 14.2 Å². The average molecular weight is 436 g/mol. The number of hydrogen-bond acceptors (Lipinski definition) is 6. The lowest BCUT2D eigenvalue weighted by Crippen LogP contribution is -2.15. The molecule has 0 radical (unpaired) electrons. The van der Waals surface area contributed by atoms with Crippen molar-refractivity contribution < 1.29 is 19.0 Å². The quantitative estimate of drug-likeness (QED) is 0.527. The summed E-state index contributed by atoms with van der Waals surface area (Å²) >= 11 is 0. The molecule has 5 rings (SSSR count). The van der Waals surface area contributed by atoms with E-state index in [2.05, 4.69) is 17.0 Å². The highest BCUT2D eigenvalue weighted by molar-refractivity contribution is 5.84. The lowest BCUT2D eigenvalue weighted by atomic mass is 9.95. The van der Waals surface area contributed by atoms with Crippen LogP contribution in [-0.4, -0.2) is 41.4 Å². The van der Waals surface area contributed by atoms with E-state index in [1.165, 1.54) is 24.0 Å². The van der Waals surface area contributed by atoms with Gasteiger partial charge >= 0.3 is 0 Å². The molecular formula is C25H29N3O4. The molecule has 2 aliphatic rings. The molecule has 0 aliphatic heterocycles. The molecule has 7 nitrogen and oxygen atoms in total. The summed E-state index contributed by atoms with van der Waals surface area (Å²) in [6.45, 7) is 2.08. The Morgan fingerprint density at radius 3 is 2.59 bits per heavy atom. The van der Waals surface area contributed by atoms with Crippen LogP contribution in [0.25, 0.3) is 11.0 Å². The first-order chi connectivity index (χ1) is 15.5. The van der Waals surface area contributed by atoms with E-state index in [9.17, 15) is 4.79 Å². The SMILES string of the molecule is COc1cc2c(cc1OC)C(CC(=O)COc1cc(C)c3c(C4CC4)nn(C)c3n1)CC2. The van der Waals surface area contributed by atoms with Gasteiger partial charge in [-0.2, -0.15) is 10.1 Å². The van der Waals surface area contributed by atoms with Gasteiger partial charge in [0.25, 0.3) is 0 Å². The standard InChI is InChI=1S/C25H29N3O4/c1-14-9-22(26-25-23(14)24(15-5-6-15)27-28(25)2)32-13-18(29)10-16-7-8-17-11-20(30-3)21(31-4)12-19(16)17/h9,11-12,15-16H,5-8,10,13H2,1-4H3. The van der Waals surface area contributed by atoms with Crippen LogP contribution in [-0.2, 0) is 18.3 Å². The molecule has 3 aromatic rings. The minimum atomic E-state index is 0.0183. The van der Waals surface area contributed by atoms with Crippen molar-refractivity contribution in [3.05, 3.63) is 40.6 Å². The van der Waals surface area contributed by atoms with Gasteiger partial charge in [0.05, 0.1) is 19.9 Å². The summed E-state index contributed by atoms with van der Waals surface area (Å²) in [6, 6.07) is 5.96. The van der Waals surface area contributed by atoms with E-state index in [0.29, 0.717) is 24.0 Å². The first-order valence-corrected chi connectivity index (χ1v) is 11.2. The second kappa shape index (κ2) is 8.11. The number of rotatable bonds is 8. The molecule has 1 fully saturated rings. The Hall–Kier alpha value is -3.09. The van der Waals surface area contributed by atoms with Gasteiger partial charge in [0.2, 0.25) is 5.88 Å². The molecule has 168 valence electrons. The number of ketones is 1. The van der Waals surface area contributed by atoms with E-state index >= 15 is 0 Å². The van der Waals surface area contributed by atoms with Crippen LogP contribution in [0.4, 0.5) is 0 Å². The van der Waals surface area contributed by atoms with E-state index in [1.807, 2.05) is 29.9 Å². The zero-order valence-corrected chi connectivity index (χ0v) is 19.1. The van der Waals surface area contributed by atoms with Crippen molar-refractivity contribution in [3.8, 4) is 17.4 Å². The summed E-state index contributed by atoms with van der Waals surface area (Å²) in [4.78, 5) is 17.4. The van der Waals surface area contributed by atoms with Crippen molar-refractivity contribution in [1.82, 2.24) is 14.8 Å². The molecule has 1 atom stereocenters.